The van der Waals surface area contributed by atoms with Crippen molar-refractivity contribution in [3.8, 4) is 0 Å². The highest BCUT2D eigenvalue weighted by atomic mass is 32.2. The van der Waals surface area contributed by atoms with Crippen LogP contribution in [-0.4, -0.2) is 68.2 Å². The number of carbonyl (C=O) groups is 1. The molecule has 2 unspecified atom stereocenters. The van der Waals surface area contributed by atoms with Gasteiger partial charge in [-0.15, -0.1) is 0 Å². The molecule has 21 heavy (non-hydrogen) atoms. The summed E-state index contributed by atoms with van der Waals surface area (Å²) >= 11 is 0. The van der Waals surface area contributed by atoms with Crippen LogP contribution in [0.2, 0.25) is 0 Å². The summed E-state index contributed by atoms with van der Waals surface area (Å²) in [4.78, 5) is 11.4. The van der Waals surface area contributed by atoms with Gasteiger partial charge in [-0.1, -0.05) is 0 Å². The lowest BCUT2D eigenvalue weighted by atomic mass is 9.86. The van der Waals surface area contributed by atoms with E-state index >= 15 is 0 Å². The van der Waals surface area contributed by atoms with Gasteiger partial charge in [-0.25, -0.2) is 0 Å². The Labute approximate surface area is 126 Å². The van der Waals surface area contributed by atoms with Crippen molar-refractivity contribution in [3.05, 3.63) is 0 Å². The normalized spacial score (nSPS) is 33.0. The first-order chi connectivity index (χ1) is 10.1. The number of nitrogens with zero attached hydrogens (tertiary/aromatic N) is 2. The van der Waals surface area contributed by atoms with Crippen molar-refractivity contribution in [2.75, 3.05) is 39.3 Å². The largest absolute Gasteiger partial charge is 0.353 e. The molecule has 1 amide bonds. The maximum absolute atomic E-state index is 12.8. The van der Waals surface area contributed by atoms with Gasteiger partial charge in [-0.2, -0.15) is 17.0 Å². The first kappa shape index (κ1) is 15.2. The molecule has 0 bridgehead atoms. The van der Waals surface area contributed by atoms with Crippen LogP contribution >= 0.6 is 0 Å². The van der Waals surface area contributed by atoms with Crippen molar-refractivity contribution in [2.24, 2.45) is 5.92 Å². The molecule has 3 aliphatic heterocycles. The van der Waals surface area contributed by atoms with Crippen LogP contribution < -0.4 is 10.6 Å². The predicted molar refractivity (Wildman–Crippen MR) is 78.8 cm³/mol. The number of nitrogens with one attached hydrogen (secondary N) is 2. The maximum atomic E-state index is 12.8. The Balaban J connectivity index is 1.67. The van der Waals surface area contributed by atoms with E-state index in [1.807, 2.05) is 0 Å². The van der Waals surface area contributed by atoms with Crippen molar-refractivity contribution >= 4 is 16.1 Å². The Morgan fingerprint density at radius 1 is 1.05 bits per heavy atom. The summed E-state index contributed by atoms with van der Waals surface area (Å²) in [6.07, 6.45) is 2.89. The molecule has 3 rings (SSSR count). The van der Waals surface area contributed by atoms with Gasteiger partial charge >= 0.3 is 0 Å². The lowest BCUT2D eigenvalue weighted by Crippen LogP contribution is -2.57. The van der Waals surface area contributed by atoms with Gasteiger partial charge in [0.2, 0.25) is 5.91 Å². The highest BCUT2D eigenvalue weighted by Crippen LogP contribution is 2.27. The SMILES string of the molecule is O=C1CCC2CN(S(=O)(=O)N3CCCNCC3)CCC2N1. The van der Waals surface area contributed by atoms with Crippen molar-refractivity contribution in [3.63, 3.8) is 0 Å². The van der Waals surface area contributed by atoms with E-state index in [0.29, 0.717) is 32.6 Å². The lowest BCUT2D eigenvalue weighted by molar-refractivity contribution is -0.124. The van der Waals surface area contributed by atoms with Crippen molar-refractivity contribution < 1.29 is 13.2 Å². The molecule has 0 aliphatic carbocycles. The number of rotatable bonds is 2. The smallest absolute Gasteiger partial charge is 0.282 e. The van der Waals surface area contributed by atoms with Crippen molar-refractivity contribution in [1.29, 1.82) is 0 Å². The standard InChI is InChI=1S/C13H24N4O3S/c18-13-3-2-11-10-17(8-4-12(11)15-13)21(19,20)16-7-1-5-14-6-9-16/h11-12,14H,1-10H2,(H,15,18). The average molecular weight is 316 g/mol. The minimum absolute atomic E-state index is 0.103. The summed E-state index contributed by atoms with van der Waals surface area (Å²) in [5.41, 5.74) is 0. The van der Waals surface area contributed by atoms with Crippen LogP contribution in [0.25, 0.3) is 0 Å². The lowest BCUT2D eigenvalue weighted by Gasteiger charge is -2.42. The van der Waals surface area contributed by atoms with E-state index in [0.717, 1.165) is 32.4 Å². The Bertz CT molecular complexity index is 488. The molecule has 0 aromatic carbocycles. The molecular weight excluding hydrogens is 292 g/mol. The van der Waals surface area contributed by atoms with E-state index in [1.165, 1.54) is 0 Å². The van der Waals surface area contributed by atoms with Crippen molar-refractivity contribution in [1.82, 2.24) is 19.2 Å². The van der Waals surface area contributed by atoms with Crippen LogP contribution in [0.1, 0.15) is 25.7 Å². The molecule has 0 aromatic heterocycles. The zero-order valence-corrected chi connectivity index (χ0v) is 13.1. The molecule has 7 nitrogen and oxygen atoms in total. The summed E-state index contributed by atoms with van der Waals surface area (Å²) in [5.74, 6) is 0.363. The third-order valence-corrected chi connectivity index (χ3v) is 6.74. The minimum atomic E-state index is -3.36. The molecule has 2 N–H and O–H groups in total. The molecular formula is C13H24N4O3S. The highest BCUT2D eigenvalue weighted by molar-refractivity contribution is 7.86. The summed E-state index contributed by atoms with van der Waals surface area (Å²) in [5, 5.41) is 6.23. The first-order valence-corrected chi connectivity index (χ1v) is 9.22. The van der Waals surface area contributed by atoms with Gasteiger partial charge in [0.25, 0.3) is 10.2 Å². The fourth-order valence-electron chi connectivity index (χ4n) is 3.50. The summed E-state index contributed by atoms with van der Waals surface area (Å²) in [7, 11) is -3.36. The average Bonchev–Trinajstić information content (AvgIpc) is 2.76. The third-order valence-electron chi connectivity index (χ3n) is 4.74. The fraction of sp³-hybridized carbons (Fsp3) is 0.923. The van der Waals surface area contributed by atoms with Gasteiger partial charge in [0.15, 0.2) is 0 Å². The van der Waals surface area contributed by atoms with Crippen LogP contribution in [0, 0.1) is 5.92 Å². The van der Waals surface area contributed by atoms with E-state index in [-0.39, 0.29) is 17.9 Å². The Morgan fingerprint density at radius 3 is 2.76 bits per heavy atom. The topological polar surface area (TPSA) is 81.8 Å². The molecule has 2 atom stereocenters. The second-order valence-electron chi connectivity index (χ2n) is 6.13. The number of hydrogen-bond donors (Lipinski definition) is 2. The van der Waals surface area contributed by atoms with Crippen LogP contribution in [0.15, 0.2) is 0 Å². The van der Waals surface area contributed by atoms with E-state index in [9.17, 15) is 13.2 Å². The van der Waals surface area contributed by atoms with E-state index in [1.54, 1.807) is 8.61 Å². The van der Waals surface area contributed by atoms with Gasteiger partial charge < -0.3 is 10.6 Å². The zero-order valence-electron chi connectivity index (χ0n) is 12.3. The van der Waals surface area contributed by atoms with Gasteiger partial charge in [0.1, 0.15) is 0 Å². The molecule has 3 aliphatic rings. The molecule has 0 aromatic rings. The Hall–Kier alpha value is -0.700. The summed E-state index contributed by atoms with van der Waals surface area (Å²) in [6, 6.07) is 0.156. The number of piperidine rings is 2. The maximum Gasteiger partial charge on any atom is 0.282 e. The molecule has 3 saturated heterocycles. The molecule has 3 heterocycles. The molecule has 8 heteroatoms. The fourth-order valence-corrected chi connectivity index (χ4v) is 5.23. The molecule has 0 saturated carbocycles. The molecule has 0 spiro atoms. The van der Waals surface area contributed by atoms with Gasteiger partial charge in [-0.05, 0) is 31.7 Å². The quantitative estimate of drug-likeness (QED) is 0.694. The Kier molecular flexibility index (Phi) is 4.49. The zero-order chi connectivity index (χ0) is 14.9. The van der Waals surface area contributed by atoms with Crippen molar-refractivity contribution in [2.45, 2.75) is 31.7 Å². The van der Waals surface area contributed by atoms with Gasteiger partial charge in [-0.3, -0.25) is 4.79 Å². The predicted octanol–water partition coefficient (Wildman–Crippen LogP) is -0.873. The number of amides is 1. The molecule has 3 fully saturated rings. The second kappa shape index (κ2) is 6.20. The minimum Gasteiger partial charge on any atom is -0.353 e. The monoisotopic (exact) mass is 316 g/mol. The van der Waals surface area contributed by atoms with Crippen LogP contribution in [-0.2, 0) is 15.0 Å². The van der Waals surface area contributed by atoms with Gasteiger partial charge in [0.05, 0.1) is 0 Å². The van der Waals surface area contributed by atoms with Crippen LogP contribution in [0.5, 0.6) is 0 Å². The number of hydrogen-bond acceptors (Lipinski definition) is 4. The van der Waals surface area contributed by atoms with Gasteiger partial charge in [0, 0.05) is 45.2 Å². The third kappa shape index (κ3) is 3.23. The van der Waals surface area contributed by atoms with Crippen LogP contribution in [0.3, 0.4) is 0 Å². The summed E-state index contributed by atoms with van der Waals surface area (Å²) < 4.78 is 28.8. The number of carbonyl (C=O) groups excluding carboxylic acids is 1. The summed E-state index contributed by atoms with van der Waals surface area (Å²) in [6.45, 7) is 3.78. The first-order valence-electron chi connectivity index (χ1n) is 7.82. The second-order valence-corrected chi connectivity index (χ2v) is 8.06. The van der Waals surface area contributed by atoms with E-state index in [2.05, 4.69) is 10.6 Å². The Morgan fingerprint density at radius 2 is 1.90 bits per heavy atom. The highest BCUT2D eigenvalue weighted by Gasteiger charge is 2.39. The van der Waals surface area contributed by atoms with E-state index in [4.69, 9.17) is 0 Å². The molecule has 120 valence electrons. The number of fused-ring (bicyclic) bond motifs is 1. The molecule has 0 radical (unpaired) electrons. The van der Waals surface area contributed by atoms with E-state index < -0.39 is 10.2 Å². The van der Waals surface area contributed by atoms with Crippen LogP contribution in [0.4, 0.5) is 0 Å².